The van der Waals surface area contributed by atoms with Gasteiger partial charge in [0, 0.05) is 26.2 Å². The number of hydrogen-bond acceptors (Lipinski definition) is 3. The second-order valence-corrected chi connectivity index (χ2v) is 7.33. The minimum atomic E-state index is -1.63. The smallest absolute Gasteiger partial charge is 0.243 e. The third-order valence-corrected chi connectivity index (χ3v) is 5.18. The molecule has 9 heteroatoms. The summed E-state index contributed by atoms with van der Waals surface area (Å²) in [5.74, 6) is -4.56. The van der Waals surface area contributed by atoms with E-state index in [1.54, 1.807) is 7.05 Å². The van der Waals surface area contributed by atoms with E-state index in [0.29, 0.717) is 18.5 Å². The van der Waals surface area contributed by atoms with E-state index >= 15 is 0 Å². The van der Waals surface area contributed by atoms with Crippen molar-refractivity contribution in [2.75, 3.05) is 32.0 Å². The van der Waals surface area contributed by atoms with Crippen molar-refractivity contribution in [2.45, 2.75) is 25.4 Å². The fourth-order valence-electron chi connectivity index (χ4n) is 3.57. The molecule has 0 aromatic heterocycles. The zero-order valence-corrected chi connectivity index (χ0v) is 17.3. The minimum absolute atomic E-state index is 0.212. The Kier molecular flexibility index (Phi) is 7.88. The number of amides is 1. The van der Waals surface area contributed by atoms with Crippen LogP contribution in [0.15, 0.2) is 47.5 Å². The van der Waals surface area contributed by atoms with E-state index in [2.05, 4.69) is 38.0 Å². The maximum Gasteiger partial charge on any atom is 0.243 e. The number of nitrogens with zero attached hydrogens (tertiary/aromatic N) is 2. The van der Waals surface area contributed by atoms with Crippen LogP contribution in [0, 0.1) is 17.5 Å². The largest absolute Gasteiger partial charge is 0.355 e. The van der Waals surface area contributed by atoms with Crippen LogP contribution in [0.2, 0.25) is 0 Å². The van der Waals surface area contributed by atoms with Crippen LogP contribution in [0.4, 0.5) is 18.9 Å². The lowest BCUT2D eigenvalue weighted by Crippen LogP contribution is -2.46. The zero-order valence-electron chi connectivity index (χ0n) is 17.3. The number of anilines is 1. The van der Waals surface area contributed by atoms with Gasteiger partial charge < -0.3 is 16.0 Å². The Morgan fingerprint density at radius 1 is 1.10 bits per heavy atom. The quantitative estimate of drug-likeness (QED) is 0.357. The predicted octanol–water partition coefficient (Wildman–Crippen LogP) is 2.87. The maximum absolute atomic E-state index is 13.7. The molecule has 1 saturated heterocycles. The molecule has 1 aliphatic rings. The molecule has 3 N–H and O–H groups in total. The molecule has 1 unspecified atom stereocenters. The first-order valence-electron chi connectivity index (χ1n) is 10.1. The molecule has 31 heavy (non-hydrogen) atoms. The van der Waals surface area contributed by atoms with E-state index < -0.39 is 29.0 Å². The molecule has 0 saturated carbocycles. The normalized spacial score (nSPS) is 16.9. The third kappa shape index (κ3) is 6.21. The fourth-order valence-corrected chi connectivity index (χ4v) is 3.57. The summed E-state index contributed by atoms with van der Waals surface area (Å²) in [5, 5.41) is 8.26. The molecule has 0 bridgehead atoms. The summed E-state index contributed by atoms with van der Waals surface area (Å²) >= 11 is 0. The Hall–Kier alpha value is -3.07. The average Bonchev–Trinajstić information content (AvgIpc) is 3.22. The number of halogens is 3. The summed E-state index contributed by atoms with van der Waals surface area (Å²) in [6, 6.07) is 12.3. The number of hydrogen-bond donors (Lipinski definition) is 3. The second-order valence-electron chi connectivity index (χ2n) is 7.33. The number of likely N-dealkylation sites (tertiary alicyclic amines) is 1. The number of rotatable bonds is 7. The Morgan fingerprint density at radius 2 is 1.87 bits per heavy atom. The van der Waals surface area contributed by atoms with Gasteiger partial charge in [0.1, 0.15) is 0 Å². The minimum Gasteiger partial charge on any atom is -0.355 e. The van der Waals surface area contributed by atoms with Gasteiger partial charge in [-0.3, -0.25) is 14.7 Å². The van der Waals surface area contributed by atoms with Crippen molar-refractivity contribution >= 4 is 17.6 Å². The molecule has 6 nitrogen and oxygen atoms in total. The maximum atomic E-state index is 13.7. The third-order valence-electron chi connectivity index (χ3n) is 5.18. The van der Waals surface area contributed by atoms with E-state index in [0.717, 1.165) is 38.1 Å². The molecular formula is C22H26F3N5O. The van der Waals surface area contributed by atoms with Crippen molar-refractivity contribution in [1.82, 2.24) is 15.5 Å². The molecule has 0 radical (unpaired) electrons. The molecule has 1 aliphatic heterocycles. The molecule has 1 amide bonds. The number of guanidine groups is 1. The first kappa shape index (κ1) is 22.6. The van der Waals surface area contributed by atoms with Crippen LogP contribution in [0.25, 0.3) is 0 Å². The van der Waals surface area contributed by atoms with E-state index in [9.17, 15) is 18.0 Å². The fraction of sp³-hybridized carbons (Fsp3) is 0.364. The standard InChI is InChI=1S/C22H26F3N5O/c1-26-22(28-13-19(31)29-18-10-9-17(23)20(24)21(18)25)27-12-16-8-5-11-30(16)14-15-6-3-2-4-7-15/h2-4,6-7,9-10,16H,5,8,11-14H2,1H3,(H,29,31)(H2,26,27,28). The second kappa shape index (κ2) is 10.8. The van der Waals surface area contributed by atoms with Crippen molar-refractivity contribution in [2.24, 2.45) is 4.99 Å². The molecule has 3 rings (SSSR count). The van der Waals surface area contributed by atoms with Crippen LogP contribution in [-0.2, 0) is 11.3 Å². The summed E-state index contributed by atoms with van der Waals surface area (Å²) < 4.78 is 40.0. The summed E-state index contributed by atoms with van der Waals surface area (Å²) in [4.78, 5) is 18.6. The lowest BCUT2D eigenvalue weighted by molar-refractivity contribution is -0.115. The van der Waals surface area contributed by atoms with Gasteiger partial charge in [0.15, 0.2) is 23.4 Å². The van der Waals surface area contributed by atoms with Crippen molar-refractivity contribution in [3.8, 4) is 0 Å². The number of carbonyl (C=O) groups excluding carboxylic acids is 1. The molecule has 1 atom stereocenters. The number of carbonyl (C=O) groups is 1. The van der Waals surface area contributed by atoms with Gasteiger partial charge in [-0.1, -0.05) is 30.3 Å². The van der Waals surface area contributed by atoms with Crippen LogP contribution in [0.1, 0.15) is 18.4 Å². The monoisotopic (exact) mass is 433 g/mol. The highest BCUT2D eigenvalue weighted by molar-refractivity contribution is 5.95. The Bertz CT molecular complexity index is 923. The molecule has 0 aliphatic carbocycles. The van der Waals surface area contributed by atoms with Crippen LogP contribution >= 0.6 is 0 Å². The van der Waals surface area contributed by atoms with Crippen molar-refractivity contribution < 1.29 is 18.0 Å². The topological polar surface area (TPSA) is 68.8 Å². The van der Waals surface area contributed by atoms with Gasteiger partial charge in [0.2, 0.25) is 5.91 Å². The van der Waals surface area contributed by atoms with E-state index in [1.165, 1.54) is 5.56 Å². The van der Waals surface area contributed by atoms with Gasteiger partial charge in [0.05, 0.1) is 12.2 Å². The highest BCUT2D eigenvalue weighted by atomic mass is 19.2. The van der Waals surface area contributed by atoms with E-state index in [-0.39, 0.29) is 6.54 Å². The van der Waals surface area contributed by atoms with Gasteiger partial charge in [-0.05, 0) is 37.1 Å². The number of nitrogens with one attached hydrogen (secondary N) is 3. The first-order valence-corrected chi connectivity index (χ1v) is 10.1. The molecule has 0 spiro atoms. The van der Waals surface area contributed by atoms with Gasteiger partial charge in [-0.2, -0.15) is 0 Å². The first-order chi connectivity index (χ1) is 15.0. The van der Waals surface area contributed by atoms with Crippen LogP contribution in [-0.4, -0.2) is 49.5 Å². The Morgan fingerprint density at radius 3 is 2.61 bits per heavy atom. The summed E-state index contributed by atoms with van der Waals surface area (Å²) in [7, 11) is 1.58. The van der Waals surface area contributed by atoms with Gasteiger partial charge in [-0.15, -0.1) is 0 Å². The van der Waals surface area contributed by atoms with Gasteiger partial charge >= 0.3 is 0 Å². The number of aliphatic imine (C=N–C) groups is 1. The average molecular weight is 433 g/mol. The van der Waals surface area contributed by atoms with Crippen LogP contribution in [0.5, 0.6) is 0 Å². The zero-order chi connectivity index (χ0) is 22.2. The highest BCUT2D eigenvalue weighted by Gasteiger charge is 2.24. The summed E-state index contributed by atoms with van der Waals surface area (Å²) in [6.07, 6.45) is 2.18. The molecule has 166 valence electrons. The van der Waals surface area contributed by atoms with Gasteiger partial charge in [0.25, 0.3) is 0 Å². The van der Waals surface area contributed by atoms with Crippen LogP contribution in [0.3, 0.4) is 0 Å². The van der Waals surface area contributed by atoms with Gasteiger partial charge in [-0.25, -0.2) is 13.2 Å². The highest BCUT2D eigenvalue weighted by Crippen LogP contribution is 2.20. The molecule has 2 aromatic carbocycles. The lowest BCUT2D eigenvalue weighted by Gasteiger charge is -2.25. The van der Waals surface area contributed by atoms with Crippen LogP contribution < -0.4 is 16.0 Å². The molecule has 2 aromatic rings. The number of benzene rings is 2. The molecular weight excluding hydrogens is 407 g/mol. The van der Waals surface area contributed by atoms with E-state index in [4.69, 9.17) is 0 Å². The Labute approximate surface area is 179 Å². The molecule has 1 heterocycles. The SMILES string of the molecule is CN=C(NCC(=O)Nc1ccc(F)c(F)c1F)NCC1CCCN1Cc1ccccc1. The summed E-state index contributed by atoms with van der Waals surface area (Å²) in [6.45, 7) is 2.35. The predicted molar refractivity (Wildman–Crippen MR) is 114 cm³/mol. The Balaban J connectivity index is 1.46. The van der Waals surface area contributed by atoms with E-state index in [1.807, 2.05) is 18.2 Å². The summed E-state index contributed by atoms with van der Waals surface area (Å²) in [5.41, 5.74) is 0.842. The van der Waals surface area contributed by atoms with Crippen molar-refractivity contribution in [3.63, 3.8) is 0 Å². The molecule has 1 fully saturated rings. The van der Waals surface area contributed by atoms with Crippen molar-refractivity contribution in [3.05, 3.63) is 65.5 Å². The lowest BCUT2D eigenvalue weighted by atomic mass is 10.2. The van der Waals surface area contributed by atoms with Crippen molar-refractivity contribution in [1.29, 1.82) is 0 Å².